The average molecular weight is 274 g/mol. The third-order valence-electron chi connectivity index (χ3n) is 3.04. The van der Waals surface area contributed by atoms with Crippen LogP contribution in [-0.4, -0.2) is 32.7 Å². The van der Waals surface area contributed by atoms with Crippen LogP contribution < -0.4 is 11.1 Å². The highest BCUT2D eigenvalue weighted by atomic mass is 16.1. The second-order valence-electron chi connectivity index (χ2n) is 4.65. The molecule has 106 valence electrons. The largest absolute Gasteiger partial charge is 0.346 e. The van der Waals surface area contributed by atoms with E-state index in [1.807, 2.05) is 37.3 Å². The van der Waals surface area contributed by atoms with Crippen molar-refractivity contribution in [1.82, 2.24) is 25.5 Å². The molecule has 2 rings (SSSR count). The minimum absolute atomic E-state index is 0.109. The van der Waals surface area contributed by atoms with Crippen LogP contribution in [-0.2, 0) is 4.79 Å². The number of benzene rings is 1. The maximum Gasteiger partial charge on any atom is 0.224 e. The van der Waals surface area contributed by atoms with Crippen LogP contribution in [0.4, 0.5) is 0 Å². The first-order valence-electron chi connectivity index (χ1n) is 6.47. The van der Waals surface area contributed by atoms with Crippen LogP contribution in [0.15, 0.2) is 30.3 Å². The number of hydrogen-bond donors (Lipinski definition) is 2. The van der Waals surface area contributed by atoms with E-state index in [2.05, 4.69) is 20.8 Å². The summed E-state index contributed by atoms with van der Waals surface area (Å²) in [6.07, 6.45) is 0. The Kier molecular flexibility index (Phi) is 4.41. The third kappa shape index (κ3) is 3.00. The summed E-state index contributed by atoms with van der Waals surface area (Å²) >= 11 is 0. The lowest BCUT2D eigenvalue weighted by Crippen LogP contribution is -2.35. The Bertz CT molecular complexity index is 567. The molecular weight excluding hydrogens is 256 g/mol. The van der Waals surface area contributed by atoms with Gasteiger partial charge in [0.05, 0.1) is 11.7 Å². The number of nitrogens with zero attached hydrogens (tertiary/aromatic N) is 4. The van der Waals surface area contributed by atoms with Gasteiger partial charge in [0, 0.05) is 12.5 Å². The fraction of sp³-hybridized carbons (Fsp3) is 0.385. The summed E-state index contributed by atoms with van der Waals surface area (Å²) in [6, 6.07) is 9.23. The van der Waals surface area contributed by atoms with Crippen molar-refractivity contribution in [2.75, 3.05) is 6.54 Å². The van der Waals surface area contributed by atoms with Crippen LogP contribution in [0.5, 0.6) is 0 Å². The van der Waals surface area contributed by atoms with E-state index in [0.717, 1.165) is 5.69 Å². The predicted molar refractivity (Wildman–Crippen MR) is 73.9 cm³/mol. The zero-order valence-corrected chi connectivity index (χ0v) is 11.5. The first kappa shape index (κ1) is 14.1. The van der Waals surface area contributed by atoms with E-state index in [0.29, 0.717) is 12.4 Å². The van der Waals surface area contributed by atoms with Crippen LogP contribution in [0, 0.1) is 5.92 Å². The summed E-state index contributed by atoms with van der Waals surface area (Å²) in [7, 11) is 0. The molecule has 2 atom stereocenters. The highest BCUT2D eigenvalue weighted by molar-refractivity contribution is 5.78. The highest BCUT2D eigenvalue weighted by Crippen LogP contribution is 2.13. The number of amides is 1. The van der Waals surface area contributed by atoms with Gasteiger partial charge in [0.1, 0.15) is 0 Å². The first-order chi connectivity index (χ1) is 9.63. The molecule has 20 heavy (non-hydrogen) atoms. The molecule has 0 aliphatic carbocycles. The molecule has 0 bridgehead atoms. The maximum atomic E-state index is 11.9. The van der Waals surface area contributed by atoms with Crippen molar-refractivity contribution >= 4 is 5.91 Å². The monoisotopic (exact) mass is 274 g/mol. The Morgan fingerprint density at radius 2 is 2.05 bits per heavy atom. The molecule has 1 amide bonds. The summed E-state index contributed by atoms with van der Waals surface area (Å²) in [4.78, 5) is 11.9. The number of hydrogen-bond acceptors (Lipinski definition) is 5. The van der Waals surface area contributed by atoms with E-state index in [1.165, 1.54) is 0 Å². The highest BCUT2D eigenvalue weighted by Gasteiger charge is 2.20. The molecule has 0 saturated heterocycles. The Morgan fingerprint density at radius 1 is 1.35 bits per heavy atom. The molecule has 1 aromatic carbocycles. The molecule has 3 N–H and O–H groups in total. The molecule has 2 unspecified atom stereocenters. The minimum atomic E-state index is -0.299. The van der Waals surface area contributed by atoms with Crippen LogP contribution in [0.3, 0.4) is 0 Å². The van der Waals surface area contributed by atoms with Crippen LogP contribution in [0.1, 0.15) is 25.7 Å². The lowest BCUT2D eigenvalue weighted by molar-refractivity contribution is -0.124. The number of rotatable bonds is 5. The molecule has 0 spiro atoms. The summed E-state index contributed by atoms with van der Waals surface area (Å²) in [5.74, 6) is 0.231. The normalized spacial score (nSPS) is 13.8. The smallest absolute Gasteiger partial charge is 0.224 e. The molecule has 1 aromatic heterocycles. The minimum Gasteiger partial charge on any atom is -0.346 e. The molecule has 0 aliphatic rings. The number of carbonyl (C=O) groups is 1. The summed E-state index contributed by atoms with van der Waals surface area (Å²) in [5.41, 5.74) is 6.33. The van der Waals surface area contributed by atoms with Crippen molar-refractivity contribution in [3.05, 3.63) is 36.2 Å². The van der Waals surface area contributed by atoms with Gasteiger partial charge in [0.15, 0.2) is 5.82 Å². The molecule has 0 aliphatic heterocycles. The van der Waals surface area contributed by atoms with Crippen LogP contribution >= 0.6 is 0 Å². The second-order valence-corrected chi connectivity index (χ2v) is 4.65. The first-order valence-corrected chi connectivity index (χ1v) is 6.47. The van der Waals surface area contributed by atoms with Gasteiger partial charge in [0.25, 0.3) is 0 Å². The molecule has 2 aromatic rings. The molecule has 0 fully saturated rings. The topological polar surface area (TPSA) is 98.7 Å². The van der Waals surface area contributed by atoms with Gasteiger partial charge >= 0.3 is 0 Å². The quantitative estimate of drug-likeness (QED) is 0.824. The Morgan fingerprint density at radius 3 is 2.70 bits per heavy atom. The van der Waals surface area contributed by atoms with Crippen molar-refractivity contribution in [1.29, 1.82) is 0 Å². The van der Waals surface area contributed by atoms with Gasteiger partial charge in [-0.15, -0.1) is 5.10 Å². The van der Waals surface area contributed by atoms with E-state index in [-0.39, 0.29) is 17.9 Å². The lowest BCUT2D eigenvalue weighted by Gasteiger charge is -2.16. The zero-order valence-electron chi connectivity index (χ0n) is 11.5. The van der Waals surface area contributed by atoms with Gasteiger partial charge in [-0.3, -0.25) is 4.79 Å². The van der Waals surface area contributed by atoms with Gasteiger partial charge < -0.3 is 11.1 Å². The van der Waals surface area contributed by atoms with Gasteiger partial charge in [0.2, 0.25) is 5.91 Å². The Hall–Kier alpha value is -2.28. The van der Waals surface area contributed by atoms with Crippen molar-refractivity contribution in [2.45, 2.75) is 19.9 Å². The fourth-order valence-corrected chi connectivity index (χ4v) is 1.74. The third-order valence-corrected chi connectivity index (χ3v) is 3.04. The van der Waals surface area contributed by atoms with E-state index in [4.69, 9.17) is 5.73 Å². The Labute approximate surface area is 117 Å². The Balaban J connectivity index is 2.18. The lowest BCUT2D eigenvalue weighted by atomic mass is 10.1. The van der Waals surface area contributed by atoms with Gasteiger partial charge in [-0.05, 0) is 29.5 Å². The number of para-hydroxylation sites is 1. The van der Waals surface area contributed by atoms with Gasteiger partial charge in [-0.1, -0.05) is 25.1 Å². The van der Waals surface area contributed by atoms with E-state index in [9.17, 15) is 4.79 Å². The van der Waals surface area contributed by atoms with Gasteiger partial charge in [-0.25, -0.2) is 0 Å². The number of nitrogens with two attached hydrogens (primary N) is 1. The van der Waals surface area contributed by atoms with Crippen molar-refractivity contribution in [3.8, 4) is 5.69 Å². The molecular formula is C13H18N6O. The average Bonchev–Trinajstić information content (AvgIpc) is 2.96. The van der Waals surface area contributed by atoms with E-state index >= 15 is 0 Å². The number of carbonyl (C=O) groups excluding carboxylic acids is 1. The zero-order chi connectivity index (χ0) is 14.5. The molecule has 0 saturated carbocycles. The fourth-order valence-electron chi connectivity index (χ4n) is 1.74. The van der Waals surface area contributed by atoms with Crippen LogP contribution in [0.2, 0.25) is 0 Å². The second kappa shape index (κ2) is 6.25. The van der Waals surface area contributed by atoms with E-state index < -0.39 is 0 Å². The van der Waals surface area contributed by atoms with Crippen molar-refractivity contribution in [3.63, 3.8) is 0 Å². The van der Waals surface area contributed by atoms with Crippen molar-refractivity contribution in [2.24, 2.45) is 11.7 Å². The number of nitrogens with one attached hydrogen (secondary N) is 1. The predicted octanol–water partition coefficient (Wildman–Crippen LogP) is 0.434. The van der Waals surface area contributed by atoms with Crippen molar-refractivity contribution < 1.29 is 4.79 Å². The summed E-state index contributed by atoms with van der Waals surface area (Å²) in [5, 5.41) is 14.5. The van der Waals surface area contributed by atoms with Gasteiger partial charge in [-0.2, -0.15) is 4.68 Å². The number of aromatic nitrogens is 4. The van der Waals surface area contributed by atoms with E-state index in [1.54, 1.807) is 11.6 Å². The molecule has 1 heterocycles. The number of tetrazole rings is 1. The maximum absolute atomic E-state index is 11.9. The SMILES string of the molecule is CC(CN)C(=O)NC(C)c1nnnn1-c1ccccc1. The van der Waals surface area contributed by atoms with Crippen LogP contribution in [0.25, 0.3) is 5.69 Å². The standard InChI is InChI=1S/C13H18N6O/c1-9(8-14)13(20)15-10(2)12-16-17-18-19(12)11-6-4-3-5-7-11/h3-7,9-10H,8,14H2,1-2H3,(H,15,20). The molecule has 7 nitrogen and oxygen atoms in total. The molecule has 0 radical (unpaired) electrons. The summed E-state index contributed by atoms with van der Waals surface area (Å²) in [6.45, 7) is 3.93. The summed E-state index contributed by atoms with van der Waals surface area (Å²) < 4.78 is 1.61. The molecule has 7 heteroatoms.